The number of fused-ring (bicyclic) bond motifs is 1. The first kappa shape index (κ1) is 12.2. The fourth-order valence-electron chi connectivity index (χ4n) is 1.79. The van der Waals surface area contributed by atoms with Crippen LogP contribution in [0, 0.1) is 18.8 Å². The Balaban J connectivity index is 2.07. The van der Waals surface area contributed by atoms with Crippen molar-refractivity contribution in [2.45, 2.75) is 20.3 Å². The van der Waals surface area contributed by atoms with Crippen molar-refractivity contribution in [3.8, 4) is 11.8 Å². The molecule has 92 valence electrons. The number of aromatic nitrogens is 1. The highest BCUT2D eigenvalue weighted by Crippen LogP contribution is 2.19. The molecular formula is C14H14N2O2. The standard InChI is InChI=1S/C14H14N2O2/c1-3-5-13(17)15-9-8-11-6-4-7-12-14(11)16-10(2)18-12/h4,6-7H,8-9H2,1-2H3,(H,15,17). The largest absolute Gasteiger partial charge is 0.441 e. The molecule has 4 nitrogen and oxygen atoms in total. The summed E-state index contributed by atoms with van der Waals surface area (Å²) < 4.78 is 5.45. The molecule has 18 heavy (non-hydrogen) atoms. The molecule has 0 fully saturated rings. The van der Waals surface area contributed by atoms with Crippen molar-refractivity contribution < 1.29 is 9.21 Å². The van der Waals surface area contributed by atoms with Gasteiger partial charge in [0.25, 0.3) is 5.91 Å². The Kier molecular flexibility index (Phi) is 3.63. The normalized spacial score (nSPS) is 9.89. The first-order valence-electron chi connectivity index (χ1n) is 5.76. The van der Waals surface area contributed by atoms with E-state index in [0.717, 1.165) is 16.7 Å². The Hall–Kier alpha value is -2.28. The summed E-state index contributed by atoms with van der Waals surface area (Å²) in [5.74, 6) is 5.40. The fourth-order valence-corrected chi connectivity index (χ4v) is 1.79. The van der Waals surface area contributed by atoms with Crippen molar-refractivity contribution in [1.82, 2.24) is 10.3 Å². The molecule has 0 atom stereocenters. The average molecular weight is 242 g/mol. The van der Waals surface area contributed by atoms with Crippen LogP contribution in [-0.4, -0.2) is 17.4 Å². The zero-order valence-electron chi connectivity index (χ0n) is 10.4. The summed E-state index contributed by atoms with van der Waals surface area (Å²) in [7, 11) is 0. The highest BCUT2D eigenvalue weighted by Gasteiger charge is 2.07. The number of carbonyl (C=O) groups excluding carboxylic acids is 1. The van der Waals surface area contributed by atoms with Crippen LogP contribution in [0.1, 0.15) is 18.4 Å². The average Bonchev–Trinajstić information content (AvgIpc) is 2.70. The van der Waals surface area contributed by atoms with Gasteiger partial charge >= 0.3 is 0 Å². The van der Waals surface area contributed by atoms with Crippen LogP contribution in [0.2, 0.25) is 0 Å². The van der Waals surface area contributed by atoms with Crippen molar-refractivity contribution in [2.24, 2.45) is 0 Å². The Bertz CT molecular complexity index is 632. The van der Waals surface area contributed by atoms with Crippen LogP contribution in [0.5, 0.6) is 0 Å². The molecule has 2 aromatic rings. The van der Waals surface area contributed by atoms with E-state index in [2.05, 4.69) is 22.1 Å². The van der Waals surface area contributed by atoms with Crippen LogP contribution in [-0.2, 0) is 11.2 Å². The van der Waals surface area contributed by atoms with Gasteiger partial charge in [-0.1, -0.05) is 18.1 Å². The zero-order chi connectivity index (χ0) is 13.0. The van der Waals surface area contributed by atoms with Crippen LogP contribution in [0.15, 0.2) is 22.6 Å². The number of rotatable bonds is 3. The molecule has 0 radical (unpaired) electrons. The molecule has 1 N–H and O–H groups in total. The first-order chi connectivity index (χ1) is 8.70. The van der Waals surface area contributed by atoms with E-state index in [1.807, 2.05) is 25.1 Å². The number of nitrogens with zero attached hydrogens (tertiary/aromatic N) is 1. The summed E-state index contributed by atoms with van der Waals surface area (Å²) in [5.41, 5.74) is 2.71. The summed E-state index contributed by atoms with van der Waals surface area (Å²) in [6, 6.07) is 5.80. The van der Waals surface area contributed by atoms with Gasteiger partial charge in [0.15, 0.2) is 11.5 Å². The molecule has 0 spiro atoms. The molecule has 0 unspecified atom stereocenters. The van der Waals surface area contributed by atoms with Crippen molar-refractivity contribution in [1.29, 1.82) is 0 Å². The lowest BCUT2D eigenvalue weighted by atomic mass is 10.1. The van der Waals surface area contributed by atoms with E-state index in [-0.39, 0.29) is 5.91 Å². The molecule has 0 bridgehead atoms. The molecule has 0 aliphatic rings. The van der Waals surface area contributed by atoms with E-state index in [1.54, 1.807) is 6.92 Å². The predicted molar refractivity (Wildman–Crippen MR) is 68.9 cm³/mol. The van der Waals surface area contributed by atoms with E-state index >= 15 is 0 Å². The van der Waals surface area contributed by atoms with Crippen LogP contribution in [0.25, 0.3) is 11.1 Å². The van der Waals surface area contributed by atoms with Gasteiger partial charge in [0.05, 0.1) is 0 Å². The monoisotopic (exact) mass is 242 g/mol. The lowest BCUT2D eigenvalue weighted by molar-refractivity contribution is -0.115. The maximum Gasteiger partial charge on any atom is 0.295 e. The molecule has 4 heteroatoms. The number of amides is 1. The number of benzene rings is 1. The Morgan fingerprint density at radius 3 is 3.11 bits per heavy atom. The molecule has 1 aromatic carbocycles. The van der Waals surface area contributed by atoms with Gasteiger partial charge in [-0.05, 0) is 30.9 Å². The topological polar surface area (TPSA) is 55.1 Å². The van der Waals surface area contributed by atoms with E-state index in [0.29, 0.717) is 18.9 Å². The Morgan fingerprint density at radius 2 is 2.33 bits per heavy atom. The third-order valence-electron chi connectivity index (χ3n) is 2.53. The first-order valence-corrected chi connectivity index (χ1v) is 5.76. The van der Waals surface area contributed by atoms with Gasteiger partial charge in [-0.2, -0.15) is 0 Å². The molecule has 0 saturated carbocycles. The molecule has 0 aliphatic heterocycles. The number of hydrogen-bond acceptors (Lipinski definition) is 3. The highest BCUT2D eigenvalue weighted by atomic mass is 16.3. The highest BCUT2D eigenvalue weighted by molar-refractivity contribution is 5.93. The van der Waals surface area contributed by atoms with E-state index in [1.165, 1.54) is 0 Å². The molecular weight excluding hydrogens is 228 g/mol. The van der Waals surface area contributed by atoms with Gasteiger partial charge < -0.3 is 9.73 Å². The molecule has 0 aliphatic carbocycles. The van der Waals surface area contributed by atoms with Gasteiger partial charge in [0.1, 0.15) is 5.52 Å². The molecule has 1 aromatic heterocycles. The molecule has 1 amide bonds. The Morgan fingerprint density at radius 1 is 1.50 bits per heavy atom. The summed E-state index contributed by atoms with van der Waals surface area (Å²) in [5, 5.41) is 2.73. The number of oxazole rings is 1. The molecule has 2 rings (SSSR count). The van der Waals surface area contributed by atoms with Crippen LogP contribution in [0.4, 0.5) is 0 Å². The second kappa shape index (κ2) is 5.37. The van der Waals surface area contributed by atoms with Crippen LogP contribution in [0.3, 0.4) is 0 Å². The van der Waals surface area contributed by atoms with Crippen molar-refractivity contribution in [3.63, 3.8) is 0 Å². The molecule has 0 saturated heterocycles. The Labute approximate surface area is 105 Å². The quantitative estimate of drug-likeness (QED) is 0.835. The lowest BCUT2D eigenvalue weighted by Gasteiger charge is -2.02. The van der Waals surface area contributed by atoms with E-state index in [4.69, 9.17) is 4.42 Å². The smallest absolute Gasteiger partial charge is 0.295 e. The van der Waals surface area contributed by atoms with E-state index < -0.39 is 0 Å². The SMILES string of the molecule is CC#CC(=O)NCCc1cccc2oc(C)nc12. The lowest BCUT2D eigenvalue weighted by Crippen LogP contribution is -2.23. The second-order valence-electron chi connectivity index (χ2n) is 3.88. The minimum Gasteiger partial charge on any atom is -0.441 e. The summed E-state index contributed by atoms with van der Waals surface area (Å²) in [6.07, 6.45) is 0.709. The number of carbonyl (C=O) groups is 1. The van der Waals surface area contributed by atoms with Gasteiger partial charge in [0, 0.05) is 13.5 Å². The summed E-state index contributed by atoms with van der Waals surface area (Å²) in [4.78, 5) is 15.5. The number of aryl methyl sites for hydroxylation is 1. The fraction of sp³-hybridized carbons (Fsp3) is 0.286. The minimum absolute atomic E-state index is 0.249. The third-order valence-corrected chi connectivity index (χ3v) is 2.53. The van der Waals surface area contributed by atoms with Crippen molar-refractivity contribution >= 4 is 17.0 Å². The third kappa shape index (κ3) is 2.69. The predicted octanol–water partition coefficient (Wildman–Crippen LogP) is 1.82. The maximum atomic E-state index is 11.2. The molecule has 1 heterocycles. The minimum atomic E-state index is -0.249. The summed E-state index contributed by atoms with van der Waals surface area (Å²) >= 11 is 0. The van der Waals surface area contributed by atoms with E-state index in [9.17, 15) is 4.79 Å². The maximum absolute atomic E-state index is 11.2. The van der Waals surface area contributed by atoms with Crippen molar-refractivity contribution in [2.75, 3.05) is 6.54 Å². The second-order valence-corrected chi connectivity index (χ2v) is 3.88. The van der Waals surface area contributed by atoms with Gasteiger partial charge in [-0.3, -0.25) is 4.79 Å². The zero-order valence-corrected chi connectivity index (χ0v) is 10.4. The number of nitrogens with one attached hydrogen (secondary N) is 1. The van der Waals surface area contributed by atoms with Crippen LogP contribution >= 0.6 is 0 Å². The van der Waals surface area contributed by atoms with Crippen molar-refractivity contribution in [3.05, 3.63) is 29.7 Å². The number of hydrogen-bond donors (Lipinski definition) is 1. The van der Waals surface area contributed by atoms with Gasteiger partial charge in [-0.25, -0.2) is 4.98 Å². The van der Waals surface area contributed by atoms with Gasteiger partial charge in [-0.15, -0.1) is 0 Å². The van der Waals surface area contributed by atoms with Crippen LogP contribution < -0.4 is 5.32 Å². The van der Waals surface area contributed by atoms with Gasteiger partial charge in [0.2, 0.25) is 0 Å². The summed E-state index contributed by atoms with van der Waals surface area (Å²) in [6.45, 7) is 4.00. The number of para-hydroxylation sites is 1.